The molecule has 0 radical (unpaired) electrons. The van der Waals surface area contributed by atoms with Crippen LogP contribution in [0.2, 0.25) is 0 Å². The van der Waals surface area contributed by atoms with Gasteiger partial charge in [0.2, 0.25) is 0 Å². The Labute approximate surface area is 76.1 Å². The van der Waals surface area contributed by atoms with Gasteiger partial charge in [0.05, 0.1) is 6.07 Å². The SMILES string of the molecule is C=C(C)CC(CC#N)C(C)(C)C. The summed E-state index contributed by atoms with van der Waals surface area (Å²) in [6, 6.07) is 2.24. The van der Waals surface area contributed by atoms with Crippen LogP contribution in [0.1, 0.15) is 40.5 Å². The zero-order chi connectivity index (χ0) is 9.78. The van der Waals surface area contributed by atoms with E-state index < -0.39 is 0 Å². The van der Waals surface area contributed by atoms with Crippen LogP contribution < -0.4 is 0 Å². The first kappa shape index (κ1) is 11.2. The monoisotopic (exact) mass is 165 g/mol. The molecule has 0 spiro atoms. The van der Waals surface area contributed by atoms with Gasteiger partial charge < -0.3 is 0 Å². The highest BCUT2D eigenvalue weighted by Crippen LogP contribution is 2.32. The molecule has 0 aromatic carbocycles. The van der Waals surface area contributed by atoms with Crippen molar-refractivity contribution in [3.8, 4) is 6.07 Å². The van der Waals surface area contributed by atoms with Crippen LogP contribution in [0.25, 0.3) is 0 Å². The fourth-order valence-corrected chi connectivity index (χ4v) is 1.22. The van der Waals surface area contributed by atoms with Crippen LogP contribution in [-0.4, -0.2) is 0 Å². The van der Waals surface area contributed by atoms with Crippen molar-refractivity contribution < 1.29 is 0 Å². The molecule has 1 heteroatoms. The number of rotatable bonds is 3. The van der Waals surface area contributed by atoms with Crippen LogP contribution in [0.5, 0.6) is 0 Å². The molecule has 0 amide bonds. The normalized spacial score (nSPS) is 13.6. The van der Waals surface area contributed by atoms with Crippen LogP contribution in [0.3, 0.4) is 0 Å². The molecule has 0 aliphatic carbocycles. The van der Waals surface area contributed by atoms with Crippen molar-refractivity contribution in [1.82, 2.24) is 0 Å². The summed E-state index contributed by atoms with van der Waals surface area (Å²) in [5, 5.41) is 8.63. The third kappa shape index (κ3) is 4.18. The van der Waals surface area contributed by atoms with Crippen molar-refractivity contribution in [2.24, 2.45) is 11.3 Å². The molecule has 0 aliphatic heterocycles. The summed E-state index contributed by atoms with van der Waals surface area (Å²) >= 11 is 0. The van der Waals surface area contributed by atoms with E-state index in [1.54, 1.807) is 0 Å². The van der Waals surface area contributed by atoms with Gasteiger partial charge in [-0.3, -0.25) is 0 Å². The highest BCUT2D eigenvalue weighted by atomic mass is 14.3. The molecule has 0 heterocycles. The van der Waals surface area contributed by atoms with E-state index in [2.05, 4.69) is 33.4 Å². The second kappa shape index (κ2) is 4.30. The maximum absolute atomic E-state index is 8.63. The van der Waals surface area contributed by atoms with Gasteiger partial charge in [0.25, 0.3) is 0 Å². The minimum Gasteiger partial charge on any atom is -0.198 e. The maximum atomic E-state index is 8.63. The maximum Gasteiger partial charge on any atom is 0.0624 e. The second-order valence-electron chi connectivity index (χ2n) is 4.59. The molecule has 0 bridgehead atoms. The Balaban J connectivity index is 4.25. The van der Waals surface area contributed by atoms with E-state index in [9.17, 15) is 0 Å². The zero-order valence-electron chi connectivity index (χ0n) is 8.65. The third-order valence-electron chi connectivity index (χ3n) is 2.16. The molecule has 1 unspecified atom stereocenters. The molecule has 0 N–H and O–H groups in total. The highest BCUT2D eigenvalue weighted by Gasteiger charge is 2.23. The summed E-state index contributed by atoms with van der Waals surface area (Å²) < 4.78 is 0. The van der Waals surface area contributed by atoms with Gasteiger partial charge in [-0.2, -0.15) is 5.26 Å². The fourth-order valence-electron chi connectivity index (χ4n) is 1.22. The lowest BCUT2D eigenvalue weighted by Gasteiger charge is -2.28. The summed E-state index contributed by atoms with van der Waals surface area (Å²) in [5.74, 6) is 0.444. The highest BCUT2D eigenvalue weighted by molar-refractivity contribution is 4.96. The molecule has 0 saturated heterocycles. The standard InChI is InChI=1S/C11H19N/c1-9(2)8-10(6-7-12)11(3,4)5/h10H,1,6,8H2,2-5H3. The topological polar surface area (TPSA) is 23.8 Å². The molecule has 1 atom stereocenters. The molecule has 0 fully saturated rings. The number of nitrogens with zero attached hydrogens (tertiary/aromatic N) is 1. The Hall–Kier alpha value is -0.770. The number of nitriles is 1. The third-order valence-corrected chi connectivity index (χ3v) is 2.16. The van der Waals surface area contributed by atoms with Crippen molar-refractivity contribution in [2.75, 3.05) is 0 Å². The van der Waals surface area contributed by atoms with Crippen molar-refractivity contribution in [2.45, 2.75) is 40.5 Å². The predicted molar refractivity (Wildman–Crippen MR) is 52.6 cm³/mol. The van der Waals surface area contributed by atoms with Gasteiger partial charge in [0.15, 0.2) is 0 Å². The Bertz CT molecular complexity index is 190. The van der Waals surface area contributed by atoms with E-state index in [-0.39, 0.29) is 5.41 Å². The Kier molecular flexibility index (Phi) is 4.03. The first-order valence-corrected chi connectivity index (χ1v) is 4.39. The molecule has 1 nitrogen and oxygen atoms in total. The molecular weight excluding hydrogens is 146 g/mol. The van der Waals surface area contributed by atoms with Crippen LogP contribution >= 0.6 is 0 Å². The smallest absolute Gasteiger partial charge is 0.0624 e. The molecule has 0 aromatic heterocycles. The molecule has 0 aromatic rings. The number of hydrogen-bond acceptors (Lipinski definition) is 1. The largest absolute Gasteiger partial charge is 0.198 e. The summed E-state index contributed by atoms with van der Waals surface area (Å²) in [4.78, 5) is 0. The first-order chi connectivity index (χ1) is 5.38. The van der Waals surface area contributed by atoms with Gasteiger partial charge in [-0.1, -0.05) is 26.3 Å². The minimum absolute atomic E-state index is 0.217. The number of allylic oxidation sites excluding steroid dienone is 1. The number of hydrogen-bond donors (Lipinski definition) is 0. The summed E-state index contributed by atoms with van der Waals surface area (Å²) in [7, 11) is 0. The van der Waals surface area contributed by atoms with E-state index in [0.717, 1.165) is 6.42 Å². The van der Waals surface area contributed by atoms with Gasteiger partial charge in [-0.15, -0.1) is 6.58 Å². The predicted octanol–water partition coefficient (Wildman–Crippen LogP) is 3.53. The molecule has 0 rings (SSSR count). The average Bonchev–Trinajstić information content (AvgIpc) is 1.83. The minimum atomic E-state index is 0.217. The zero-order valence-corrected chi connectivity index (χ0v) is 8.65. The van der Waals surface area contributed by atoms with Crippen molar-refractivity contribution >= 4 is 0 Å². The van der Waals surface area contributed by atoms with Crippen molar-refractivity contribution in [3.05, 3.63) is 12.2 Å². The summed E-state index contributed by atoms with van der Waals surface area (Å²) in [6.07, 6.45) is 1.60. The Morgan fingerprint density at radius 1 is 1.50 bits per heavy atom. The molecule has 12 heavy (non-hydrogen) atoms. The van der Waals surface area contributed by atoms with Crippen LogP contribution in [0.4, 0.5) is 0 Å². The van der Waals surface area contributed by atoms with E-state index in [1.165, 1.54) is 5.57 Å². The first-order valence-electron chi connectivity index (χ1n) is 4.39. The Morgan fingerprint density at radius 2 is 2.00 bits per heavy atom. The second-order valence-corrected chi connectivity index (χ2v) is 4.59. The molecular formula is C11H19N. The summed E-state index contributed by atoms with van der Waals surface area (Å²) in [5.41, 5.74) is 1.39. The lowest BCUT2D eigenvalue weighted by atomic mass is 9.76. The van der Waals surface area contributed by atoms with Crippen molar-refractivity contribution in [1.29, 1.82) is 5.26 Å². The molecule has 68 valence electrons. The van der Waals surface area contributed by atoms with Crippen LogP contribution in [0.15, 0.2) is 12.2 Å². The Morgan fingerprint density at radius 3 is 2.25 bits per heavy atom. The van der Waals surface area contributed by atoms with Crippen molar-refractivity contribution in [3.63, 3.8) is 0 Å². The lowest BCUT2D eigenvalue weighted by molar-refractivity contribution is 0.242. The van der Waals surface area contributed by atoms with Crippen LogP contribution in [0, 0.1) is 22.7 Å². The van der Waals surface area contributed by atoms with Gasteiger partial charge in [-0.05, 0) is 24.7 Å². The van der Waals surface area contributed by atoms with Gasteiger partial charge >= 0.3 is 0 Å². The van der Waals surface area contributed by atoms with E-state index in [4.69, 9.17) is 5.26 Å². The summed E-state index contributed by atoms with van der Waals surface area (Å²) in [6.45, 7) is 12.4. The van der Waals surface area contributed by atoms with Crippen LogP contribution in [-0.2, 0) is 0 Å². The fraction of sp³-hybridized carbons (Fsp3) is 0.727. The van der Waals surface area contributed by atoms with Gasteiger partial charge in [0, 0.05) is 6.42 Å². The van der Waals surface area contributed by atoms with E-state index >= 15 is 0 Å². The quantitative estimate of drug-likeness (QED) is 0.587. The van der Waals surface area contributed by atoms with Gasteiger partial charge in [0.1, 0.15) is 0 Å². The lowest BCUT2D eigenvalue weighted by Crippen LogP contribution is -2.20. The van der Waals surface area contributed by atoms with Gasteiger partial charge in [-0.25, -0.2) is 0 Å². The molecule has 0 aliphatic rings. The molecule has 0 saturated carbocycles. The average molecular weight is 165 g/mol. The van der Waals surface area contributed by atoms with E-state index in [1.807, 2.05) is 6.92 Å². The van der Waals surface area contributed by atoms with E-state index in [0.29, 0.717) is 12.3 Å².